The quantitative estimate of drug-likeness (QED) is 0.243. The molecule has 5 rings (SSSR count). The molecular formula is C30H29N3O7. The second kappa shape index (κ2) is 11.5. The van der Waals surface area contributed by atoms with Crippen molar-refractivity contribution < 1.29 is 33.4 Å². The number of aromatic nitrogens is 2. The molecule has 4 aromatic rings. The van der Waals surface area contributed by atoms with E-state index in [9.17, 15) is 14.8 Å². The molecule has 0 unspecified atom stereocenters. The van der Waals surface area contributed by atoms with Crippen LogP contribution in [0.5, 0.6) is 11.5 Å². The third-order valence-electron chi connectivity index (χ3n) is 7.03. The number of ether oxygens (including phenoxy) is 2. The van der Waals surface area contributed by atoms with Crippen molar-refractivity contribution in [1.82, 2.24) is 10.1 Å². The lowest BCUT2D eigenvalue weighted by Gasteiger charge is -2.22. The van der Waals surface area contributed by atoms with Gasteiger partial charge in [0.2, 0.25) is 17.2 Å². The van der Waals surface area contributed by atoms with E-state index in [2.05, 4.69) is 5.16 Å². The van der Waals surface area contributed by atoms with E-state index in [0.29, 0.717) is 34.7 Å². The van der Waals surface area contributed by atoms with E-state index in [1.807, 2.05) is 60.7 Å². The first-order valence-corrected chi connectivity index (χ1v) is 12.9. The van der Waals surface area contributed by atoms with E-state index in [1.165, 1.54) is 6.07 Å². The number of carbonyl (C=O) groups excluding carboxylic acids is 1. The van der Waals surface area contributed by atoms with Crippen molar-refractivity contribution in [3.8, 4) is 11.5 Å². The molecule has 0 bridgehead atoms. The summed E-state index contributed by atoms with van der Waals surface area (Å²) in [5.74, 6) is -1.49. The topological polar surface area (TPSA) is 129 Å². The van der Waals surface area contributed by atoms with Crippen LogP contribution in [0.4, 0.5) is 0 Å². The highest BCUT2D eigenvalue weighted by molar-refractivity contribution is 5.93. The summed E-state index contributed by atoms with van der Waals surface area (Å²) in [7, 11) is 0. The van der Waals surface area contributed by atoms with Gasteiger partial charge in [-0.05, 0) is 24.5 Å². The maximum Gasteiger partial charge on any atom is 0.374 e. The molecule has 1 aliphatic heterocycles. The number of amides is 1. The van der Waals surface area contributed by atoms with E-state index in [1.54, 1.807) is 18.7 Å². The molecule has 0 aliphatic carbocycles. The minimum atomic E-state index is -1.21. The van der Waals surface area contributed by atoms with Crippen LogP contribution in [0.2, 0.25) is 0 Å². The molecule has 1 N–H and O–H groups in total. The molecule has 10 heteroatoms. The van der Waals surface area contributed by atoms with Gasteiger partial charge < -0.3 is 29.2 Å². The predicted molar refractivity (Wildman–Crippen MR) is 143 cm³/mol. The van der Waals surface area contributed by atoms with Crippen LogP contribution in [0.3, 0.4) is 0 Å². The minimum absolute atomic E-state index is 0.0420. The van der Waals surface area contributed by atoms with Crippen LogP contribution in [0.25, 0.3) is 0 Å². The zero-order valence-electron chi connectivity index (χ0n) is 22.2. The summed E-state index contributed by atoms with van der Waals surface area (Å²) in [6.07, 6.45) is 0.559. The summed E-state index contributed by atoms with van der Waals surface area (Å²) < 4.78 is 17.8. The number of nitrogens with zero attached hydrogens (tertiary/aromatic N) is 3. The number of hydrogen-bond acceptors (Lipinski definition) is 7. The van der Waals surface area contributed by atoms with Crippen LogP contribution < -0.4 is 14.2 Å². The molecule has 10 nitrogen and oxygen atoms in total. The van der Waals surface area contributed by atoms with Crippen LogP contribution in [-0.2, 0) is 13.2 Å². The molecule has 1 amide bonds. The Morgan fingerprint density at radius 2 is 1.62 bits per heavy atom. The van der Waals surface area contributed by atoms with Gasteiger partial charge in [-0.3, -0.25) is 4.79 Å². The van der Waals surface area contributed by atoms with E-state index < -0.39 is 11.9 Å². The van der Waals surface area contributed by atoms with Gasteiger partial charge in [-0.1, -0.05) is 65.8 Å². The van der Waals surface area contributed by atoms with Crippen LogP contribution in [0.1, 0.15) is 61.5 Å². The Morgan fingerprint density at radius 3 is 2.20 bits per heavy atom. The maximum absolute atomic E-state index is 13.7. The summed E-state index contributed by atoms with van der Waals surface area (Å²) in [5.41, 5.74) is 2.87. The lowest BCUT2D eigenvalue weighted by atomic mass is 10.1. The fourth-order valence-corrected chi connectivity index (χ4v) is 4.82. The van der Waals surface area contributed by atoms with Gasteiger partial charge in [0.25, 0.3) is 5.69 Å². The number of rotatable bonds is 9. The van der Waals surface area contributed by atoms with Gasteiger partial charge in [0, 0.05) is 32.0 Å². The molecule has 1 atom stereocenters. The van der Waals surface area contributed by atoms with Gasteiger partial charge in [0.1, 0.15) is 13.2 Å². The smallest absolute Gasteiger partial charge is 0.374 e. The fraction of sp³-hybridized carbons (Fsp3) is 0.267. The first kappa shape index (κ1) is 26.7. The monoisotopic (exact) mass is 543 g/mol. The normalized spacial score (nSPS) is 14.8. The van der Waals surface area contributed by atoms with Crippen LogP contribution in [-0.4, -0.2) is 40.1 Å². The predicted octanol–water partition coefficient (Wildman–Crippen LogP) is 4.41. The number of carboxylic acid groups (broad SMARTS) is 1. The Kier molecular flexibility index (Phi) is 7.68. The van der Waals surface area contributed by atoms with Crippen molar-refractivity contribution >= 4 is 11.9 Å². The van der Waals surface area contributed by atoms with Crippen molar-refractivity contribution in [3.63, 3.8) is 0 Å². The van der Waals surface area contributed by atoms with Crippen molar-refractivity contribution in [3.05, 3.63) is 111 Å². The third kappa shape index (κ3) is 5.47. The van der Waals surface area contributed by atoms with Crippen molar-refractivity contribution in [2.75, 3.05) is 13.1 Å². The lowest BCUT2D eigenvalue weighted by Crippen LogP contribution is -2.44. The summed E-state index contributed by atoms with van der Waals surface area (Å²) in [5, 5.41) is 26.5. The summed E-state index contributed by atoms with van der Waals surface area (Å²) in [4.78, 5) is 26.5. The zero-order valence-corrected chi connectivity index (χ0v) is 22.2. The molecule has 2 aromatic heterocycles. The van der Waals surface area contributed by atoms with Crippen molar-refractivity contribution in [1.29, 1.82) is 0 Å². The van der Waals surface area contributed by atoms with Gasteiger partial charge in [-0.15, -0.1) is 0 Å². The molecule has 40 heavy (non-hydrogen) atoms. The Morgan fingerprint density at radius 1 is 1.02 bits per heavy atom. The number of benzene rings is 2. The molecule has 0 saturated carbocycles. The number of hydrogen-bond donors (Lipinski definition) is 1. The van der Waals surface area contributed by atoms with Crippen LogP contribution in [0.15, 0.2) is 71.3 Å². The van der Waals surface area contributed by atoms with Crippen molar-refractivity contribution in [2.45, 2.75) is 39.4 Å². The Bertz CT molecular complexity index is 1520. The zero-order chi connectivity index (χ0) is 28.2. The molecule has 0 spiro atoms. The Hall–Kier alpha value is -4.86. The SMILES string of the molecule is Cc1c(OCc2ccccc2)c(OCc2ccccc2)c(C)[n+]([O-])c1C(=O)N1CC[C@@H](c2cc(C(=O)O)on2)C1. The standard InChI is InChI=1S/C30H29N3O7/c1-19-26(29(34)32-14-13-23(16-32)24-15-25(30(35)36)40-31-24)33(37)20(2)28(39-18-22-11-7-4-8-12-22)27(19)38-17-21-9-5-3-6-10-21/h3-12,15,23H,13-14,16-18H2,1-2H3,(H,35,36)/t23-/m1/s1. The molecule has 0 radical (unpaired) electrons. The van der Waals surface area contributed by atoms with Gasteiger partial charge in [-0.2, -0.15) is 4.73 Å². The van der Waals surface area contributed by atoms with Gasteiger partial charge in [0.05, 0.1) is 11.3 Å². The second-order valence-electron chi connectivity index (χ2n) is 9.72. The average Bonchev–Trinajstić information content (AvgIpc) is 3.65. The first-order chi connectivity index (χ1) is 19.3. The van der Waals surface area contributed by atoms with Crippen LogP contribution in [0, 0.1) is 19.1 Å². The molecule has 2 aromatic carbocycles. The number of pyridine rings is 1. The van der Waals surface area contributed by atoms with Crippen molar-refractivity contribution in [2.24, 2.45) is 0 Å². The third-order valence-corrected chi connectivity index (χ3v) is 7.03. The lowest BCUT2D eigenvalue weighted by molar-refractivity contribution is -0.615. The minimum Gasteiger partial charge on any atom is -0.618 e. The fourth-order valence-electron chi connectivity index (χ4n) is 4.82. The van der Waals surface area contributed by atoms with E-state index in [4.69, 9.17) is 19.1 Å². The highest BCUT2D eigenvalue weighted by Gasteiger charge is 2.37. The second-order valence-corrected chi connectivity index (χ2v) is 9.72. The number of aromatic carboxylic acids is 1. The van der Waals surface area contributed by atoms with Crippen LogP contribution >= 0.6 is 0 Å². The number of likely N-dealkylation sites (tertiary alicyclic amines) is 1. The van der Waals surface area contributed by atoms with E-state index >= 15 is 0 Å². The first-order valence-electron chi connectivity index (χ1n) is 12.9. The molecule has 1 saturated heterocycles. The van der Waals surface area contributed by atoms with Gasteiger partial charge in [0.15, 0.2) is 5.75 Å². The van der Waals surface area contributed by atoms with E-state index in [-0.39, 0.29) is 48.6 Å². The number of carboxylic acids is 1. The maximum atomic E-state index is 13.7. The summed E-state index contributed by atoms with van der Waals surface area (Å²) in [6, 6.07) is 20.5. The van der Waals surface area contributed by atoms with Gasteiger partial charge >= 0.3 is 11.9 Å². The summed E-state index contributed by atoms with van der Waals surface area (Å²) in [6.45, 7) is 4.39. The molecule has 206 valence electrons. The molecule has 1 aliphatic rings. The average molecular weight is 544 g/mol. The largest absolute Gasteiger partial charge is 0.618 e. The Labute approximate surface area is 230 Å². The summed E-state index contributed by atoms with van der Waals surface area (Å²) >= 11 is 0. The van der Waals surface area contributed by atoms with Gasteiger partial charge in [-0.25, -0.2) is 4.79 Å². The highest BCUT2D eigenvalue weighted by atomic mass is 16.5. The molecule has 1 fully saturated rings. The molecular weight excluding hydrogens is 514 g/mol. The molecule has 3 heterocycles. The van der Waals surface area contributed by atoms with E-state index in [0.717, 1.165) is 11.1 Å². The Balaban J connectivity index is 1.44. The highest BCUT2D eigenvalue weighted by Crippen LogP contribution is 2.37. The number of carbonyl (C=O) groups is 2.